The van der Waals surface area contributed by atoms with Gasteiger partial charge in [-0.1, -0.05) is 37.3 Å². The Morgan fingerprint density at radius 1 is 1.15 bits per heavy atom. The summed E-state index contributed by atoms with van der Waals surface area (Å²) in [5.41, 5.74) is 8.41. The van der Waals surface area contributed by atoms with Gasteiger partial charge in [0.05, 0.1) is 5.69 Å². The number of aryl methyl sites for hydroxylation is 1. The number of aromatic carboxylic acids is 1. The van der Waals surface area contributed by atoms with Gasteiger partial charge in [-0.05, 0) is 29.7 Å². The monoisotopic (exact) mass is 271 g/mol. The second-order valence-corrected chi connectivity index (χ2v) is 4.49. The number of benzene rings is 2. The van der Waals surface area contributed by atoms with Crippen LogP contribution in [0.3, 0.4) is 0 Å². The first kappa shape index (κ1) is 13.9. The number of nitrogens with two attached hydrogens (primary N) is 1. The Labute approximate surface area is 117 Å². The molecule has 0 unspecified atom stereocenters. The van der Waals surface area contributed by atoms with Crippen LogP contribution in [0.1, 0.15) is 28.4 Å². The van der Waals surface area contributed by atoms with Gasteiger partial charge in [-0.3, -0.25) is 0 Å². The lowest BCUT2D eigenvalue weighted by molar-refractivity contribution is 0.0692. The number of carboxylic acid groups (broad SMARTS) is 1. The van der Waals surface area contributed by atoms with Crippen LogP contribution in [0.2, 0.25) is 0 Å². The molecule has 4 nitrogen and oxygen atoms in total. The summed E-state index contributed by atoms with van der Waals surface area (Å²) in [6.45, 7) is 2.38. The number of carbonyl (C=O) groups is 1. The Morgan fingerprint density at radius 3 is 2.40 bits per heavy atom. The molecule has 0 aliphatic heterocycles. The maximum atomic E-state index is 11.1. The smallest absolute Gasteiger partial charge is 0.339 e. The van der Waals surface area contributed by atoms with E-state index < -0.39 is 5.97 Å². The highest BCUT2D eigenvalue weighted by Gasteiger charge is 2.13. The first-order valence-corrected chi connectivity index (χ1v) is 6.44. The summed E-state index contributed by atoms with van der Waals surface area (Å²) < 4.78 is 5.58. The fourth-order valence-corrected chi connectivity index (χ4v) is 1.91. The molecule has 0 saturated heterocycles. The van der Waals surface area contributed by atoms with E-state index in [0.717, 1.165) is 12.0 Å². The molecule has 0 atom stereocenters. The minimum atomic E-state index is -1.05. The second-order valence-electron chi connectivity index (χ2n) is 4.49. The first-order chi connectivity index (χ1) is 9.61. The normalized spacial score (nSPS) is 10.2. The number of para-hydroxylation sites is 1. The van der Waals surface area contributed by atoms with Crippen LogP contribution in [0.5, 0.6) is 5.75 Å². The van der Waals surface area contributed by atoms with E-state index in [1.54, 1.807) is 12.1 Å². The van der Waals surface area contributed by atoms with Gasteiger partial charge in [0.25, 0.3) is 0 Å². The second kappa shape index (κ2) is 6.10. The van der Waals surface area contributed by atoms with Gasteiger partial charge in [0, 0.05) is 0 Å². The van der Waals surface area contributed by atoms with Crippen LogP contribution < -0.4 is 10.5 Å². The van der Waals surface area contributed by atoms with Crippen LogP contribution in [-0.2, 0) is 13.0 Å². The lowest BCUT2D eigenvalue weighted by atomic mass is 10.1. The maximum absolute atomic E-state index is 11.1. The van der Waals surface area contributed by atoms with Gasteiger partial charge in [0.15, 0.2) is 5.75 Å². The molecule has 20 heavy (non-hydrogen) atoms. The van der Waals surface area contributed by atoms with E-state index in [9.17, 15) is 4.79 Å². The molecule has 0 aromatic heterocycles. The molecule has 0 bridgehead atoms. The maximum Gasteiger partial charge on any atom is 0.339 e. The molecule has 2 aromatic carbocycles. The third-order valence-corrected chi connectivity index (χ3v) is 3.09. The van der Waals surface area contributed by atoms with Crippen molar-refractivity contribution in [1.29, 1.82) is 0 Å². The van der Waals surface area contributed by atoms with E-state index in [4.69, 9.17) is 15.6 Å². The topological polar surface area (TPSA) is 72.5 Å². The van der Waals surface area contributed by atoms with Crippen LogP contribution in [0.25, 0.3) is 0 Å². The summed E-state index contributed by atoms with van der Waals surface area (Å²) in [4.78, 5) is 11.1. The van der Waals surface area contributed by atoms with Crippen LogP contribution >= 0.6 is 0 Å². The average Bonchev–Trinajstić information content (AvgIpc) is 2.46. The molecule has 0 spiro atoms. The van der Waals surface area contributed by atoms with E-state index in [1.165, 1.54) is 11.6 Å². The van der Waals surface area contributed by atoms with Crippen molar-refractivity contribution >= 4 is 11.7 Å². The van der Waals surface area contributed by atoms with Crippen molar-refractivity contribution in [3.63, 3.8) is 0 Å². The quantitative estimate of drug-likeness (QED) is 0.819. The van der Waals surface area contributed by atoms with E-state index in [-0.39, 0.29) is 11.3 Å². The number of nitrogen functional groups attached to an aromatic ring is 1. The van der Waals surface area contributed by atoms with Crippen molar-refractivity contribution in [2.24, 2.45) is 0 Å². The minimum Gasteiger partial charge on any atom is -0.486 e. The zero-order valence-corrected chi connectivity index (χ0v) is 11.3. The number of rotatable bonds is 5. The Balaban J connectivity index is 2.16. The summed E-state index contributed by atoms with van der Waals surface area (Å²) in [5, 5.41) is 9.12. The van der Waals surface area contributed by atoms with Crippen LogP contribution in [0.15, 0.2) is 42.5 Å². The van der Waals surface area contributed by atoms with Crippen molar-refractivity contribution < 1.29 is 14.6 Å². The zero-order chi connectivity index (χ0) is 14.5. The molecule has 0 saturated carbocycles. The molecule has 0 radical (unpaired) electrons. The van der Waals surface area contributed by atoms with Gasteiger partial charge in [-0.15, -0.1) is 0 Å². The molecule has 4 heteroatoms. The highest BCUT2D eigenvalue weighted by molar-refractivity contribution is 5.93. The standard InChI is InChI=1S/C16H17NO3/c1-2-11-6-8-12(9-7-11)10-20-15-13(16(18)19)4-3-5-14(15)17/h3-9H,2,10,17H2,1H3,(H,18,19). The molecule has 0 aliphatic rings. The molecule has 3 N–H and O–H groups in total. The number of hydrogen-bond acceptors (Lipinski definition) is 3. The van der Waals surface area contributed by atoms with E-state index in [2.05, 4.69) is 6.92 Å². The third kappa shape index (κ3) is 3.09. The summed E-state index contributed by atoms with van der Waals surface area (Å²) in [6.07, 6.45) is 0.982. The van der Waals surface area contributed by atoms with Gasteiger partial charge < -0.3 is 15.6 Å². The van der Waals surface area contributed by atoms with Gasteiger partial charge in [0.1, 0.15) is 12.2 Å². The fourth-order valence-electron chi connectivity index (χ4n) is 1.91. The molecule has 0 heterocycles. The van der Waals surface area contributed by atoms with Crippen molar-refractivity contribution in [3.05, 3.63) is 59.2 Å². The molecule has 2 aromatic rings. The number of ether oxygens (including phenoxy) is 1. The Kier molecular flexibility index (Phi) is 4.25. The predicted octanol–water partition coefficient (Wildman–Crippen LogP) is 3.11. The Hall–Kier alpha value is -2.49. The van der Waals surface area contributed by atoms with Crippen molar-refractivity contribution in [2.75, 3.05) is 5.73 Å². The summed E-state index contributed by atoms with van der Waals surface area (Å²) in [6, 6.07) is 12.7. The van der Waals surface area contributed by atoms with Gasteiger partial charge >= 0.3 is 5.97 Å². The SMILES string of the molecule is CCc1ccc(COc2c(N)cccc2C(=O)O)cc1. The third-order valence-electron chi connectivity index (χ3n) is 3.09. The zero-order valence-electron chi connectivity index (χ0n) is 11.3. The minimum absolute atomic E-state index is 0.0789. The van der Waals surface area contributed by atoms with Gasteiger partial charge in [0.2, 0.25) is 0 Å². The van der Waals surface area contributed by atoms with Crippen molar-refractivity contribution in [3.8, 4) is 5.75 Å². The molecule has 104 valence electrons. The van der Waals surface area contributed by atoms with Crippen molar-refractivity contribution in [2.45, 2.75) is 20.0 Å². The predicted molar refractivity (Wildman–Crippen MR) is 78.0 cm³/mol. The Bertz CT molecular complexity index is 606. The molecule has 0 aliphatic carbocycles. The van der Waals surface area contributed by atoms with E-state index in [1.807, 2.05) is 24.3 Å². The van der Waals surface area contributed by atoms with Crippen LogP contribution in [-0.4, -0.2) is 11.1 Å². The summed E-state index contributed by atoms with van der Waals surface area (Å²) >= 11 is 0. The Morgan fingerprint density at radius 2 is 1.80 bits per heavy atom. The molecule has 0 amide bonds. The fraction of sp³-hybridized carbons (Fsp3) is 0.188. The summed E-state index contributed by atoms with van der Waals surface area (Å²) in [7, 11) is 0. The van der Waals surface area contributed by atoms with E-state index >= 15 is 0 Å². The van der Waals surface area contributed by atoms with Crippen LogP contribution in [0.4, 0.5) is 5.69 Å². The largest absolute Gasteiger partial charge is 0.486 e. The number of anilines is 1. The summed E-state index contributed by atoms with van der Waals surface area (Å²) in [5.74, 6) is -0.826. The molecular weight excluding hydrogens is 254 g/mol. The van der Waals surface area contributed by atoms with Crippen LogP contribution in [0, 0.1) is 0 Å². The average molecular weight is 271 g/mol. The number of hydrogen-bond donors (Lipinski definition) is 2. The molecule has 2 rings (SSSR count). The molecule has 0 fully saturated rings. The van der Waals surface area contributed by atoms with Gasteiger partial charge in [-0.2, -0.15) is 0 Å². The lowest BCUT2D eigenvalue weighted by Gasteiger charge is -2.11. The first-order valence-electron chi connectivity index (χ1n) is 6.44. The van der Waals surface area contributed by atoms with E-state index in [0.29, 0.717) is 12.3 Å². The lowest BCUT2D eigenvalue weighted by Crippen LogP contribution is -2.06. The van der Waals surface area contributed by atoms with Gasteiger partial charge in [-0.25, -0.2) is 4.79 Å². The molecular formula is C16H17NO3. The highest BCUT2D eigenvalue weighted by Crippen LogP contribution is 2.27. The van der Waals surface area contributed by atoms with Crippen molar-refractivity contribution in [1.82, 2.24) is 0 Å². The highest BCUT2D eigenvalue weighted by atomic mass is 16.5. The number of carboxylic acids is 1.